The van der Waals surface area contributed by atoms with Gasteiger partial charge >= 0.3 is 0 Å². The van der Waals surface area contributed by atoms with Crippen molar-refractivity contribution in [2.75, 3.05) is 0 Å². The molecule has 0 radical (unpaired) electrons. The van der Waals surface area contributed by atoms with E-state index in [0.717, 1.165) is 39.6 Å². The van der Waals surface area contributed by atoms with Gasteiger partial charge in [-0.1, -0.05) is 72.3 Å². The van der Waals surface area contributed by atoms with Gasteiger partial charge in [-0.05, 0) is 23.8 Å². The Balaban J connectivity index is 1.62. The van der Waals surface area contributed by atoms with Crippen molar-refractivity contribution in [3.63, 3.8) is 0 Å². The van der Waals surface area contributed by atoms with Gasteiger partial charge in [0, 0.05) is 22.6 Å². The Kier molecular flexibility index (Phi) is 3.68. The first-order chi connectivity index (χ1) is 12.8. The van der Waals surface area contributed by atoms with E-state index in [-0.39, 0.29) is 12.3 Å². The molecule has 3 aromatic carbocycles. The van der Waals surface area contributed by atoms with Gasteiger partial charge in [-0.25, -0.2) is 5.01 Å². The Labute approximate surface area is 157 Å². The van der Waals surface area contributed by atoms with Crippen molar-refractivity contribution in [1.82, 2.24) is 5.01 Å². The standard InChI is InChI=1S/C22H17ClN2O/c23-17-11-12-21-18(13-17)20-14-19(15-7-3-1-4-8-15)24-25(20)22(26-21)16-9-5-2-6-10-16/h1-13,20,22H,14H2/t20-,22+/m1/s1. The van der Waals surface area contributed by atoms with E-state index in [1.165, 1.54) is 0 Å². The summed E-state index contributed by atoms with van der Waals surface area (Å²) in [5, 5.41) is 7.75. The molecular weight excluding hydrogens is 344 g/mol. The minimum absolute atomic E-state index is 0.123. The molecule has 0 saturated carbocycles. The molecule has 0 amide bonds. The topological polar surface area (TPSA) is 24.8 Å². The Hall–Kier alpha value is -2.78. The van der Waals surface area contributed by atoms with Crippen LogP contribution in [0.15, 0.2) is 84.0 Å². The second kappa shape index (κ2) is 6.19. The molecule has 3 aromatic rings. The summed E-state index contributed by atoms with van der Waals surface area (Å²) in [6.45, 7) is 0. The van der Waals surface area contributed by atoms with E-state index in [1.807, 2.05) is 54.6 Å². The van der Waals surface area contributed by atoms with Crippen molar-refractivity contribution in [1.29, 1.82) is 0 Å². The lowest BCUT2D eigenvalue weighted by Gasteiger charge is -2.38. The molecular formula is C22H17ClN2O. The van der Waals surface area contributed by atoms with Crippen molar-refractivity contribution in [3.05, 3.63) is 101 Å². The fourth-order valence-electron chi connectivity index (χ4n) is 3.70. The van der Waals surface area contributed by atoms with Crippen LogP contribution < -0.4 is 4.74 Å². The van der Waals surface area contributed by atoms with Gasteiger partial charge in [-0.3, -0.25) is 0 Å². The molecule has 4 heteroatoms. The fourth-order valence-corrected chi connectivity index (χ4v) is 3.88. The van der Waals surface area contributed by atoms with Crippen LogP contribution in [0.25, 0.3) is 0 Å². The summed E-state index contributed by atoms with van der Waals surface area (Å²) in [6, 6.07) is 26.5. The van der Waals surface area contributed by atoms with E-state index < -0.39 is 0 Å². The zero-order chi connectivity index (χ0) is 17.5. The van der Waals surface area contributed by atoms with Crippen LogP contribution in [0, 0.1) is 0 Å². The Morgan fingerprint density at radius 3 is 2.42 bits per heavy atom. The summed E-state index contributed by atoms with van der Waals surface area (Å²) in [6.07, 6.45) is 0.598. The van der Waals surface area contributed by atoms with Crippen LogP contribution in [0.2, 0.25) is 5.02 Å². The summed E-state index contributed by atoms with van der Waals surface area (Å²) in [4.78, 5) is 0. The van der Waals surface area contributed by atoms with Gasteiger partial charge in [0.2, 0.25) is 6.23 Å². The number of nitrogens with zero attached hydrogens (tertiary/aromatic N) is 2. The number of halogens is 1. The highest BCUT2D eigenvalue weighted by atomic mass is 35.5. The zero-order valence-corrected chi connectivity index (χ0v) is 14.8. The van der Waals surface area contributed by atoms with Crippen molar-refractivity contribution in [2.45, 2.75) is 18.7 Å². The minimum atomic E-state index is -0.240. The molecule has 0 aromatic heterocycles. The first-order valence-corrected chi connectivity index (χ1v) is 9.10. The van der Waals surface area contributed by atoms with Crippen molar-refractivity contribution >= 4 is 17.3 Å². The minimum Gasteiger partial charge on any atom is -0.464 e. The molecule has 2 heterocycles. The molecule has 0 spiro atoms. The molecule has 2 aliphatic heterocycles. The number of hydrogen-bond acceptors (Lipinski definition) is 3. The molecule has 2 atom stereocenters. The SMILES string of the molecule is Clc1ccc2c(c1)[C@H]1CC(c3ccccc3)=NN1[C@H](c1ccccc1)O2. The predicted octanol–water partition coefficient (Wildman–Crippen LogP) is 5.58. The van der Waals surface area contributed by atoms with Crippen LogP contribution in [-0.2, 0) is 0 Å². The number of hydrazone groups is 1. The van der Waals surface area contributed by atoms with Gasteiger partial charge < -0.3 is 4.74 Å². The molecule has 26 heavy (non-hydrogen) atoms. The highest BCUT2D eigenvalue weighted by Gasteiger charge is 2.40. The van der Waals surface area contributed by atoms with Gasteiger partial charge in [0.1, 0.15) is 5.75 Å². The van der Waals surface area contributed by atoms with E-state index in [1.54, 1.807) is 0 Å². The summed E-state index contributed by atoms with van der Waals surface area (Å²) < 4.78 is 6.33. The molecule has 128 valence electrons. The van der Waals surface area contributed by atoms with Crippen LogP contribution in [0.4, 0.5) is 0 Å². The van der Waals surface area contributed by atoms with Crippen LogP contribution in [0.1, 0.15) is 35.4 Å². The first-order valence-electron chi connectivity index (χ1n) is 8.72. The van der Waals surface area contributed by atoms with E-state index in [4.69, 9.17) is 21.4 Å². The summed E-state index contributed by atoms with van der Waals surface area (Å²) >= 11 is 6.26. The van der Waals surface area contributed by atoms with Crippen molar-refractivity contribution in [2.24, 2.45) is 5.10 Å². The number of hydrogen-bond donors (Lipinski definition) is 0. The Bertz CT molecular complexity index is 972. The van der Waals surface area contributed by atoms with Crippen LogP contribution in [-0.4, -0.2) is 10.7 Å². The maximum atomic E-state index is 6.33. The Morgan fingerprint density at radius 1 is 0.923 bits per heavy atom. The van der Waals surface area contributed by atoms with E-state index in [0.29, 0.717) is 0 Å². The Morgan fingerprint density at radius 2 is 1.65 bits per heavy atom. The largest absolute Gasteiger partial charge is 0.464 e. The van der Waals surface area contributed by atoms with Gasteiger partial charge in [0.15, 0.2) is 0 Å². The molecule has 0 aliphatic carbocycles. The average Bonchev–Trinajstić information content (AvgIpc) is 3.15. The predicted molar refractivity (Wildman–Crippen MR) is 103 cm³/mol. The van der Waals surface area contributed by atoms with Crippen LogP contribution in [0.5, 0.6) is 5.75 Å². The first kappa shape index (κ1) is 15.5. The van der Waals surface area contributed by atoms with Crippen LogP contribution >= 0.6 is 11.6 Å². The van der Waals surface area contributed by atoms with Crippen molar-refractivity contribution in [3.8, 4) is 5.75 Å². The molecule has 0 saturated heterocycles. The molecule has 2 aliphatic rings. The summed E-state index contributed by atoms with van der Waals surface area (Å²) in [7, 11) is 0. The molecule has 0 fully saturated rings. The summed E-state index contributed by atoms with van der Waals surface area (Å²) in [5.74, 6) is 0.883. The van der Waals surface area contributed by atoms with Crippen LogP contribution in [0.3, 0.4) is 0 Å². The van der Waals surface area contributed by atoms with Gasteiger partial charge in [-0.15, -0.1) is 0 Å². The molecule has 0 unspecified atom stereocenters. The molecule has 5 rings (SSSR count). The fraction of sp³-hybridized carbons (Fsp3) is 0.136. The quantitative estimate of drug-likeness (QED) is 0.595. The van der Waals surface area contributed by atoms with E-state index in [2.05, 4.69) is 29.3 Å². The highest BCUT2D eigenvalue weighted by molar-refractivity contribution is 6.30. The van der Waals surface area contributed by atoms with Crippen molar-refractivity contribution < 1.29 is 4.74 Å². The number of rotatable bonds is 2. The number of ether oxygens (including phenoxy) is 1. The molecule has 3 nitrogen and oxygen atoms in total. The zero-order valence-electron chi connectivity index (χ0n) is 14.0. The molecule has 0 N–H and O–H groups in total. The second-order valence-electron chi connectivity index (χ2n) is 6.58. The van der Waals surface area contributed by atoms with E-state index >= 15 is 0 Å². The lowest BCUT2D eigenvalue weighted by molar-refractivity contribution is -0.0190. The van der Waals surface area contributed by atoms with E-state index in [9.17, 15) is 0 Å². The second-order valence-corrected chi connectivity index (χ2v) is 7.01. The average molecular weight is 361 g/mol. The van der Waals surface area contributed by atoms with Gasteiger partial charge in [-0.2, -0.15) is 5.10 Å². The monoisotopic (exact) mass is 360 g/mol. The third kappa shape index (κ3) is 2.56. The third-order valence-corrected chi connectivity index (χ3v) is 5.18. The number of fused-ring (bicyclic) bond motifs is 3. The lowest BCUT2D eigenvalue weighted by atomic mass is 9.96. The maximum Gasteiger partial charge on any atom is 0.213 e. The van der Waals surface area contributed by atoms with Gasteiger partial charge in [0.25, 0.3) is 0 Å². The maximum absolute atomic E-state index is 6.33. The summed E-state index contributed by atoms with van der Waals surface area (Å²) in [5.41, 5.74) is 4.42. The normalized spacial score (nSPS) is 20.8. The highest BCUT2D eigenvalue weighted by Crippen LogP contribution is 2.48. The lowest BCUT2D eigenvalue weighted by Crippen LogP contribution is -2.33. The van der Waals surface area contributed by atoms with Gasteiger partial charge in [0.05, 0.1) is 11.8 Å². The smallest absolute Gasteiger partial charge is 0.213 e. The number of benzene rings is 3. The molecule has 0 bridgehead atoms. The third-order valence-electron chi connectivity index (χ3n) is 4.94.